The molecule has 3 atom stereocenters. The molecule has 3 aliphatic rings. The van der Waals surface area contributed by atoms with Crippen molar-refractivity contribution in [1.29, 1.82) is 0 Å². The lowest BCUT2D eigenvalue weighted by atomic mass is 9.77. The van der Waals surface area contributed by atoms with Gasteiger partial charge in [-0.2, -0.15) is 0 Å². The molecule has 0 aromatic heterocycles. The summed E-state index contributed by atoms with van der Waals surface area (Å²) in [6.45, 7) is 6.14. The predicted molar refractivity (Wildman–Crippen MR) is 70.0 cm³/mol. The van der Waals surface area contributed by atoms with E-state index in [4.69, 9.17) is 4.74 Å². The van der Waals surface area contributed by atoms with Crippen molar-refractivity contribution in [1.82, 2.24) is 5.32 Å². The highest BCUT2D eigenvalue weighted by atomic mass is 16.5. The van der Waals surface area contributed by atoms with Gasteiger partial charge in [0, 0.05) is 18.6 Å². The first-order valence-electron chi connectivity index (χ1n) is 7.39. The third-order valence-electron chi connectivity index (χ3n) is 5.96. The Kier molecular flexibility index (Phi) is 2.79. The van der Waals surface area contributed by atoms with Crippen molar-refractivity contribution in [3.63, 3.8) is 0 Å². The quantitative estimate of drug-likeness (QED) is 0.811. The summed E-state index contributed by atoms with van der Waals surface area (Å²) in [4.78, 5) is 0. The van der Waals surface area contributed by atoms with E-state index in [1.54, 1.807) is 0 Å². The van der Waals surface area contributed by atoms with Crippen LogP contribution in [-0.2, 0) is 4.74 Å². The van der Waals surface area contributed by atoms with Gasteiger partial charge < -0.3 is 10.1 Å². The van der Waals surface area contributed by atoms with Crippen LogP contribution in [0.3, 0.4) is 0 Å². The maximum Gasteiger partial charge on any atom is 0.0636 e. The summed E-state index contributed by atoms with van der Waals surface area (Å²) in [5.41, 5.74) is 0.970. The molecule has 2 heteroatoms. The van der Waals surface area contributed by atoms with Crippen molar-refractivity contribution < 1.29 is 4.74 Å². The second kappa shape index (κ2) is 3.96. The van der Waals surface area contributed by atoms with Gasteiger partial charge in [-0.25, -0.2) is 0 Å². The third-order valence-corrected chi connectivity index (χ3v) is 5.96. The summed E-state index contributed by atoms with van der Waals surface area (Å²) >= 11 is 0. The lowest BCUT2D eigenvalue weighted by Crippen LogP contribution is -2.34. The Labute approximate surface area is 105 Å². The second-order valence-corrected chi connectivity index (χ2v) is 6.97. The van der Waals surface area contributed by atoms with E-state index in [0.29, 0.717) is 16.9 Å². The molecule has 2 nitrogen and oxygen atoms in total. The van der Waals surface area contributed by atoms with Crippen LogP contribution in [0.4, 0.5) is 0 Å². The Morgan fingerprint density at radius 2 is 1.94 bits per heavy atom. The monoisotopic (exact) mass is 237 g/mol. The zero-order chi connectivity index (χ0) is 12.1. The lowest BCUT2D eigenvalue weighted by molar-refractivity contribution is -0.0103. The first-order chi connectivity index (χ1) is 8.13. The molecule has 3 aliphatic carbocycles. The molecule has 98 valence electrons. The Morgan fingerprint density at radius 1 is 1.18 bits per heavy atom. The maximum atomic E-state index is 5.83. The fourth-order valence-corrected chi connectivity index (χ4v) is 4.64. The van der Waals surface area contributed by atoms with Crippen LogP contribution >= 0.6 is 0 Å². The van der Waals surface area contributed by atoms with E-state index in [0.717, 1.165) is 12.0 Å². The lowest BCUT2D eigenvalue weighted by Gasteiger charge is -2.34. The first-order valence-corrected chi connectivity index (χ1v) is 7.39. The van der Waals surface area contributed by atoms with Crippen molar-refractivity contribution in [2.24, 2.45) is 16.7 Å². The fraction of sp³-hybridized carbons (Fsp3) is 1.00. The zero-order valence-corrected chi connectivity index (χ0v) is 11.6. The summed E-state index contributed by atoms with van der Waals surface area (Å²) in [6.07, 6.45) is 8.73. The summed E-state index contributed by atoms with van der Waals surface area (Å²) in [7, 11) is 1.91. The third kappa shape index (κ3) is 1.67. The summed E-state index contributed by atoms with van der Waals surface area (Å²) < 4.78 is 5.83. The van der Waals surface area contributed by atoms with E-state index in [-0.39, 0.29) is 0 Å². The SMILES string of the molecule is COC1CCCCC12C(CNC1CC1)C2(C)C. The van der Waals surface area contributed by atoms with Crippen LogP contribution in [0, 0.1) is 16.7 Å². The first kappa shape index (κ1) is 12.0. The molecule has 0 aromatic rings. The van der Waals surface area contributed by atoms with Crippen LogP contribution in [0.1, 0.15) is 52.4 Å². The molecule has 0 heterocycles. The van der Waals surface area contributed by atoms with Crippen LogP contribution in [0.5, 0.6) is 0 Å². The Balaban J connectivity index is 1.70. The zero-order valence-electron chi connectivity index (χ0n) is 11.6. The van der Waals surface area contributed by atoms with E-state index in [1.165, 1.54) is 45.1 Å². The van der Waals surface area contributed by atoms with Gasteiger partial charge in [0.1, 0.15) is 0 Å². The molecular weight excluding hydrogens is 210 g/mol. The minimum atomic E-state index is 0.482. The van der Waals surface area contributed by atoms with E-state index >= 15 is 0 Å². The topological polar surface area (TPSA) is 21.3 Å². The van der Waals surface area contributed by atoms with Crippen LogP contribution in [0.2, 0.25) is 0 Å². The molecule has 17 heavy (non-hydrogen) atoms. The molecule has 1 spiro atoms. The average Bonchev–Trinajstić information content (AvgIpc) is 3.19. The standard InChI is InChI=1S/C15H27NO/c1-14(2)12(10-16-11-7-8-11)15(14)9-5-4-6-13(15)17-3/h11-13,16H,4-10H2,1-3H3. The Hall–Kier alpha value is -0.0800. The molecule has 3 rings (SSSR count). The molecule has 0 saturated heterocycles. The van der Waals surface area contributed by atoms with Crippen LogP contribution in [-0.4, -0.2) is 25.8 Å². The minimum Gasteiger partial charge on any atom is -0.381 e. The number of methoxy groups -OCH3 is 1. The molecule has 3 unspecified atom stereocenters. The van der Waals surface area contributed by atoms with Gasteiger partial charge >= 0.3 is 0 Å². The van der Waals surface area contributed by atoms with Crippen LogP contribution in [0.15, 0.2) is 0 Å². The van der Waals surface area contributed by atoms with Gasteiger partial charge in [0.2, 0.25) is 0 Å². The Bertz CT molecular complexity index is 297. The molecule has 0 amide bonds. The molecule has 3 saturated carbocycles. The van der Waals surface area contributed by atoms with Crippen molar-refractivity contribution in [3.8, 4) is 0 Å². The van der Waals surface area contributed by atoms with Gasteiger partial charge in [-0.05, 0) is 43.6 Å². The number of hydrogen-bond acceptors (Lipinski definition) is 2. The van der Waals surface area contributed by atoms with Gasteiger partial charge in [0.15, 0.2) is 0 Å². The van der Waals surface area contributed by atoms with Gasteiger partial charge in [-0.3, -0.25) is 0 Å². The molecule has 0 bridgehead atoms. The number of ether oxygens (including phenoxy) is 1. The number of nitrogens with one attached hydrogen (secondary N) is 1. The smallest absolute Gasteiger partial charge is 0.0636 e. The van der Waals surface area contributed by atoms with Gasteiger partial charge in [-0.1, -0.05) is 26.7 Å². The summed E-state index contributed by atoms with van der Waals surface area (Å²) in [5.74, 6) is 0.834. The maximum absolute atomic E-state index is 5.83. The molecule has 0 aliphatic heterocycles. The molecular formula is C15H27NO. The predicted octanol–water partition coefficient (Wildman–Crippen LogP) is 2.97. The largest absolute Gasteiger partial charge is 0.381 e. The van der Waals surface area contributed by atoms with Crippen molar-refractivity contribution in [2.75, 3.05) is 13.7 Å². The number of rotatable bonds is 4. The minimum absolute atomic E-state index is 0.482. The van der Waals surface area contributed by atoms with Crippen molar-refractivity contribution in [2.45, 2.75) is 64.5 Å². The van der Waals surface area contributed by atoms with Crippen molar-refractivity contribution >= 4 is 0 Å². The normalized spacial score (nSPS) is 43.9. The average molecular weight is 237 g/mol. The van der Waals surface area contributed by atoms with E-state index in [1.807, 2.05) is 7.11 Å². The van der Waals surface area contributed by atoms with Gasteiger partial charge in [0.05, 0.1) is 6.10 Å². The summed E-state index contributed by atoms with van der Waals surface area (Å²) in [6, 6.07) is 0.841. The van der Waals surface area contributed by atoms with Crippen molar-refractivity contribution in [3.05, 3.63) is 0 Å². The van der Waals surface area contributed by atoms with E-state index in [9.17, 15) is 0 Å². The highest BCUT2D eigenvalue weighted by Gasteiger charge is 2.73. The van der Waals surface area contributed by atoms with Crippen LogP contribution < -0.4 is 5.32 Å². The van der Waals surface area contributed by atoms with Gasteiger partial charge in [0.25, 0.3) is 0 Å². The molecule has 0 aromatic carbocycles. The highest BCUT2D eigenvalue weighted by Crippen LogP contribution is 2.74. The summed E-state index contributed by atoms with van der Waals surface area (Å²) in [5, 5.41) is 3.73. The fourth-order valence-electron chi connectivity index (χ4n) is 4.64. The molecule has 1 N–H and O–H groups in total. The van der Waals surface area contributed by atoms with Crippen LogP contribution in [0.25, 0.3) is 0 Å². The molecule has 3 fully saturated rings. The second-order valence-electron chi connectivity index (χ2n) is 6.97. The number of hydrogen-bond donors (Lipinski definition) is 1. The van der Waals surface area contributed by atoms with E-state index < -0.39 is 0 Å². The highest BCUT2D eigenvalue weighted by molar-refractivity contribution is 5.22. The van der Waals surface area contributed by atoms with E-state index in [2.05, 4.69) is 19.2 Å². The Morgan fingerprint density at radius 3 is 2.59 bits per heavy atom. The molecule has 0 radical (unpaired) electrons. The van der Waals surface area contributed by atoms with Gasteiger partial charge in [-0.15, -0.1) is 0 Å².